The molecule has 0 atom stereocenters. The third kappa shape index (κ3) is 3.57. The molecule has 132 valence electrons. The summed E-state index contributed by atoms with van der Waals surface area (Å²) in [5.74, 6) is -1.07. The van der Waals surface area contributed by atoms with Gasteiger partial charge in [-0.15, -0.1) is 0 Å². The molecule has 0 amide bonds. The summed E-state index contributed by atoms with van der Waals surface area (Å²) < 4.78 is 15.6. The molecule has 1 aromatic heterocycles. The second-order valence-electron chi connectivity index (χ2n) is 4.80. The van der Waals surface area contributed by atoms with Crippen molar-refractivity contribution >= 4 is 17.6 Å². The molecule has 0 unspecified atom stereocenters. The van der Waals surface area contributed by atoms with Gasteiger partial charge < -0.3 is 14.2 Å². The Morgan fingerprint density at radius 3 is 2.44 bits per heavy atom. The Balaban J connectivity index is 2.45. The topological polar surface area (TPSA) is 123 Å². The number of methoxy groups -OCH3 is 3. The fourth-order valence-electron chi connectivity index (χ4n) is 2.22. The average molecular weight is 349 g/mol. The van der Waals surface area contributed by atoms with Crippen molar-refractivity contribution in [3.63, 3.8) is 0 Å². The normalized spacial score (nSPS) is 10.2. The van der Waals surface area contributed by atoms with Crippen LogP contribution in [0.1, 0.15) is 26.4 Å². The molecule has 0 radical (unpaired) electrons. The highest BCUT2D eigenvalue weighted by atomic mass is 16.6. The molecule has 1 heterocycles. The van der Waals surface area contributed by atoms with Crippen LogP contribution in [0.4, 0.5) is 5.69 Å². The quantitative estimate of drug-likeness (QED) is 0.436. The van der Waals surface area contributed by atoms with Crippen molar-refractivity contribution in [1.29, 1.82) is 0 Å². The standard InChI is InChI=1S/C15H15N3O7/c1-23-12-6-9(14(19)24-2)4-5-10(12)8-17-13(15(20)25-3)11(7-16-17)18(21)22/h4-7H,8H2,1-3H3. The number of benzene rings is 1. The van der Waals surface area contributed by atoms with Crippen LogP contribution >= 0.6 is 0 Å². The largest absolute Gasteiger partial charge is 0.496 e. The summed E-state index contributed by atoms with van der Waals surface area (Å²) in [6, 6.07) is 4.57. The molecule has 0 N–H and O–H groups in total. The second-order valence-corrected chi connectivity index (χ2v) is 4.80. The molecule has 10 nitrogen and oxygen atoms in total. The van der Waals surface area contributed by atoms with Crippen molar-refractivity contribution in [1.82, 2.24) is 9.78 Å². The Hall–Kier alpha value is -3.43. The molecule has 25 heavy (non-hydrogen) atoms. The van der Waals surface area contributed by atoms with Crippen molar-refractivity contribution in [3.8, 4) is 5.75 Å². The first kappa shape index (κ1) is 17.9. The molecule has 0 bridgehead atoms. The SMILES string of the molecule is COC(=O)c1ccc(Cn2ncc([N+](=O)[O-])c2C(=O)OC)c(OC)c1. The molecule has 0 fully saturated rings. The summed E-state index contributed by atoms with van der Waals surface area (Å²) in [6.07, 6.45) is 0.974. The fraction of sp³-hybridized carbons (Fsp3) is 0.267. The summed E-state index contributed by atoms with van der Waals surface area (Å²) in [7, 11) is 3.79. The maximum Gasteiger partial charge on any atom is 0.363 e. The number of esters is 2. The minimum atomic E-state index is -0.880. The lowest BCUT2D eigenvalue weighted by Gasteiger charge is -2.11. The Labute approximate surface area is 142 Å². The first-order chi connectivity index (χ1) is 11.9. The first-order valence-corrected chi connectivity index (χ1v) is 6.96. The van der Waals surface area contributed by atoms with Gasteiger partial charge in [0.15, 0.2) is 0 Å². The lowest BCUT2D eigenvalue weighted by Crippen LogP contribution is -2.15. The predicted octanol–water partition coefficient (Wildman–Crippen LogP) is 1.42. The van der Waals surface area contributed by atoms with Crippen molar-refractivity contribution < 1.29 is 28.7 Å². The molecule has 1 aromatic carbocycles. The van der Waals surface area contributed by atoms with Gasteiger partial charge in [-0.25, -0.2) is 14.3 Å². The van der Waals surface area contributed by atoms with Crippen molar-refractivity contribution in [2.24, 2.45) is 0 Å². The van der Waals surface area contributed by atoms with E-state index in [2.05, 4.69) is 14.6 Å². The molecule has 2 rings (SSSR count). The number of carbonyl (C=O) groups is 2. The Kier molecular flexibility index (Phi) is 5.32. The van der Waals surface area contributed by atoms with Crippen LogP contribution in [-0.2, 0) is 16.0 Å². The van der Waals surface area contributed by atoms with Crippen molar-refractivity contribution in [3.05, 3.63) is 51.3 Å². The summed E-state index contributed by atoms with van der Waals surface area (Å²) in [4.78, 5) is 33.8. The number of carbonyl (C=O) groups excluding carboxylic acids is 2. The summed E-state index contributed by atoms with van der Waals surface area (Å²) in [6.45, 7) is 0.00288. The Bertz CT molecular complexity index is 829. The molecular weight excluding hydrogens is 334 g/mol. The molecule has 0 aliphatic carbocycles. The van der Waals surface area contributed by atoms with E-state index in [9.17, 15) is 19.7 Å². The van der Waals surface area contributed by atoms with Gasteiger partial charge in [-0.05, 0) is 12.1 Å². The van der Waals surface area contributed by atoms with Crippen LogP contribution in [-0.4, -0.2) is 48.0 Å². The highest BCUT2D eigenvalue weighted by Gasteiger charge is 2.28. The van der Waals surface area contributed by atoms with Crippen LogP contribution in [0.25, 0.3) is 0 Å². The number of nitrogens with zero attached hydrogens (tertiary/aromatic N) is 3. The van der Waals surface area contributed by atoms with Gasteiger partial charge in [0, 0.05) is 5.56 Å². The molecule has 0 aliphatic heterocycles. The van der Waals surface area contributed by atoms with Gasteiger partial charge >= 0.3 is 17.6 Å². The van der Waals surface area contributed by atoms with Crippen LogP contribution in [0.3, 0.4) is 0 Å². The van der Waals surface area contributed by atoms with Crippen LogP contribution in [0.5, 0.6) is 5.75 Å². The zero-order valence-corrected chi connectivity index (χ0v) is 13.7. The molecule has 0 aliphatic rings. The highest BCUT2D eigenvalue weighted by molar-refractivity contribution is 5.92. The molecule has 0 saturated carbocycles. The lowest BCUT2D eigenvalue weighted by atomic mass is 10.1. The fourth-order valence-corrected chi connectivity index (χ4v) is 2.22. The molecule has 2 aromatic rings. The van der Waals surface area contributed by atoms with E-state index in [4.69, 9.17) is 4.74 Å². The third-order valence-electron chi connectivity index (χ3n) is 3.42. The monoisotopic (exact) mass is 349 g/mol. The number of rotatable bonds is 6. The summed E-state index contributed by atoms with van der Waals surface area (Å²) >= 11 is 0. The van der Waals surface area contributed by atoms with Gasteiger partial charge in [-0.1, -0.05) is 6.07 Å². The van der Waals surface area contributed by atoms with Gasteiger partial charge in [0.25, 0.3) is 0 Å². The summed E-state index contributed by atoms with van der Waals surface area (Å²) in [5.41, 5.74) is 0.0876. The molecular formula is C15H15N3O7. The minimum Gasteiger partial charge on any atom is -0.496 e. The van der Waals surface area contributed by atoms with E-state index in [1.54, 1.807) is 6.07 Å². The maximum absolute atomic E-state index is 11.9. The predicted molar refractivity (Wildman–Crippen MR) is 83.7 cm³/mol. The molecule has 0 spiro atoms. The van der Waals surface area contributed by atoms with E-state index in [0.29, 0.717) is 11.3 Å². The van der Waals surface area contributed by atoms with E-state index in [1.807, 2.05) is 0 Å². The van der Waals surface area contributed by atoms with Crippen LogP contribution < -0.4 is 4.74 Å². The van der Waals surface area contributed by atoms with Crippen LogP contribution in [0, 0.1) is 10.1 Å². The highest BCUT2D eigenvalue weighted by Crippen LogP contribution is 2.25. The van der Waals surface area contributed by atoms with Gasteiger partial charge in [-0.2, -0.15) is 5.10 Å². The number of hydrogen-bond donors (Lipinski definition) is 0. The van der Waals surface area contributed by atoms with Gasteiger partial charge in [-0.3, -0.25) is 10.1 Å². The number of nitro groups is 1. The maximum atomic E-state index is 11.9. The number of ether oxygens (including phenoxy) is 3. The zero-order valence-electron chi connectivity index (χ0n) is 13.7. The smallest absolute Gasteiger partial charge is 0.363 e. The van der Waals surface area contributed by atoms with Gasteiger partial charge in [0.05, 0.1) is 38.4 Å². The van der Waals surface area contributed by atoms with Crippen molar-refractivity contribution in [2.45, 2.75) is 6.54 Å². The first-order valence-electron chi connectivity index (χ1n) is 6.96. The number of aromatic nitrogens is 2. The van der Waals surface area contributed by atoms with E-state index in [0.717, 1.165) is 18.0 Å². The minimum absolute atomic E-state index is 0.00288. The van der Waals surface area contributed by atoms with Gasteiger partial charge in [0.1, 0.15) is 11.9 Å². The van der Waals surface area contributed by atoms with Gasteiger partial charge in [0.2, 0.25) is 5.69 Å². The van der Waals surface area contributed by atoms with E-state index in [-0.39, 0.29) is 17.8 Å². The molecule has 10 heteroatoms. The zero-order chi connectivity index (χ0) is 18.6. The second kappa shape index (κ2) is 7.43. The number of hydrogen-bond acceptors (Lipinski definition) is 8. The lowest BCUT2D eigenvalue weighted by molar-refractivity contribution is -0.385. The average Bonchev–Trinajstić information content (AvgIpc) is 3.04. The Morgan fingerprint density at radius 1 is 1.20 bits per heavy atom. The Morgan fingerprint density at radius 2 is 1.88 bits per heavy atom. The van der Waals surface area contributed by atoms with Crippen LogP contribution in [0.2, 0.25) is 0 Å². The third-order valence-corrected chi connectivity index (χ3v) is 3.42. The van der Waals surface area contributed by atoms with E-state index in [1.165, 1.54) is 26.4 Å². The molecule has 0 saturated heterocycles. The summed E-state index contributed by atoms with van der Waals surface area (Å²) in [5, 5.41) is 14.9. The van der Waals surface area contributed by atoms with Crippen LogP contribution in [0.15, 0.2) is 24.4 Å². The van der Waals surface area contributed by atoms with E-state index >= 15 is 0 Å². The van der Waals surface area contributed by atoms with E-state index < -0.39 is 22.5 Å². The van der Waals surface area contributed by atoms with Crippen molar-refractivity contribution in [2.75, 3.05) is 21.3 Å².